The lowest BCUT2D eigenvalue weighted by Crippen LogP contribution is -2.10. The molecule has 0 amide bonds. The van der Waals surface area contributed by atoms with Gasteiger partial charge in [0, 0.05) is 38.6 Å². The number of hydrogen-bond acceptors (Lipinski definition) is 1. The Balaban J connectivity index is 1.29. The highest BCUT2D eigenvalue weighted by Crippen LogP contribution is 2.46. The van der Waals surface area contributed by atoms with Gasteiger partial charge in [0.05, 0.1) is 16.7 Å². The molecule has 0 saturated heterocycles. The van der Waals surface area contributed by atoms with Crippen LogP contribution in [0.4, 0.5) is 17.1 Å². The molecule has 0 fully saturated rings. The normalized spacial score (nSPS) is 13.1. The van der Waals surface area contributed by atoms with Crippen molar-refractivity contribution in [2.75, 3.05) is 4.90 Å². The molecule has 0 spiro atoms. The molecule has 10 rings (SSSR count). The molecule has 2 nitrogen and oxygen atoms in total. The first kappa shape index (κ1) is 28.6. The molecule has 2 heteroatoms. The Morgan fingerprint density at radius 1 is 0.480 bits per heavy atom. The molecule has 0 N–H and O–H groups in total. The summed E-state index contributed by atoms with van der Waals surface area (Å²) in [4.78, 5) is 2.44. The predicted octanol–water partition coefficient (Wildman–Crippen LogP) is 13.4. The molecule has 1 aliphatic carbocycles. The van der Waals surface area contributed by atoms with E-state index in [1.807, 2.05) is 0 Å². The minimum Gasteiger partial charge on any atom is -0.310 e. The van der Waals surface area contributed by atoms with E-state index in [-0.39, 0.29) is 0 Å². The molecular formula is C48H34N2. The predicted molar refractivity (Wildman–Crippen MR) is 214 cm³/mol. The fourth-order valence-electron chi connectivity index (χ4n) is 8.11. The van der Waals surface area contributed by atoms with Gasteiger partial charge < -0.3 is 9.47 Å². The number of anilines is 3. The van der Waals surface area contributed by atoms with Crippen LogP contribution in [-0.4, -0.2) is 4.57 Å². The smallest absolute Gasteiger partial charge is 0.0625 e. The maximum Gasteiger partial charge on any atom is 0.0625 e. The second-order valence-corrected chi connectivity index (χ2v) is 13.2. The van der Waals surface area contributed by atoms with Crippen molar-refractivity contribution in [3.63, 3.8) is 0 Å². The van der Waals surface area contributed by atoms with Crippen molar-refractivity contribution < 1.29 is 0 Å². The molecule has 9 aromatic rings. The number of para-hydroxylation sites is 1. The molecule has 0 atom stereocenters. The molecule has 1 aliphatic rings. The van der Waals surface area contributed by atoms with Crippen molar-refractivity contribution in [2.45, 2.75) is 12.8 Å². The topological polar surface area (TPSA) is 8.17 Å². The summed E-state index contributed by atoms with van der Waals surface area (Å²) in [6.45, 7) is 0. The number of hydrogen-bond donors (Lipinski definition) is 0. The lowest BCUT2D eigenvalue weighted by Gasteiger charge is -2.27. The number of rotatable bonds is 5. The van der Waals surface area contributed by atoms with Crippen LogP contribution in [0.15, 0.2) is 182 Å². The first-order chi connectivity index (χ1) is 24.8. The zero-order chi connectivity index (χ0) is 33.0. The summed E-state index contributed by atoms with van der Waals surface area (Å²) in [6.07, 6.45) is 9.09. The standard InChI is InChI=1S/C48H34N2/c1-3-14-33(15-4-1)34-26-28-37(29-27-34)49(45-25-13-17-35-16-7-8-20-39(35)45)38-30-31-46-44(32-38)47-42-23-11-9-21-40(42)41-22-10-12-24-43(41)48(47)50(46)36-18-5-2-6-19-36/h2-3,5-32H,1,4H2. The number of allylic oxidation sites excluding steroid dienone is 4. The average molecular weight is 639 g/mol. The minimum absolute atomic E-state index is 1.09. The third-order valence-corrected chi connectivity index (χ3v) is 10.4. The zero-order valence-corrected chi connectivity index (χ0v) is 27.6. The highest BCUT2D eigenvalue weighted by molar-refractivity contribution is 6.32. The maximum atomic E-state index is 2.46. The third-order valence-electron chi connectivity index (χ3n) is 10.4. The summed E-state index contributed by atoms with van der Waals surface area (Å²) in [7, 11) is 0. The van der Waals surface area contributed by atoms with Gasteiger partial charge in [0.15, 0.2) is 0 Å². The van der Waals surface area contributed by atoms with E-state index in [0.717, 1.165) is 35.6 Å². The summed E-state index contributed by atoms with van der Waals surface area (Å²) >= 11 is 0. The van der Waals surface area contributed by atoms with Gasteiger partial charge in [0.1, 0.15) is 0 Å². The van der Waals surface area contributed by atoms with E-state index in [1.165, 1.54) is 65.3 Å². The van der Waals surface area contributed by atoms with Crippen LogP contribution in [0.5, 0.6) is 0 Å². The zero-order valence-electron chi connectivity index (χ0n) is 27.6. The average Bonchev–Trinajstić information content (AvgIpc) is 3.54. The Morgan fingerprint density at radius 3 is 1.92 bits per heavy atom. The number of nitrogens with zero attached hydrogens (tertiary/aromatic N) is 2. The first-order valence-electron chi connectivity index (χ1n) is 17.5. The largest absolute Gasteiger partial charge is 0.310 e. The van der Waals surface area contributed by atoms with Gasteiger partial charge in [-0.15, -0.1) is 0 Å². The van der Waals surface area contributed by atoms with E-state index < -0.39 is 0 Å². The molecule has 0 unspecified atom stereocenters. The molecule has 50 heavy (non-hydrogen) atoms. The summed E-state index contributed by atoms with van der Waals surface area (Å²) in [6, 6.07) is 60.1. The van der Waals surface area contributed by atoms with Gasteiger partial charge in [-0.25, -0.2) is 0 Å². The second-order valence-electron chi connectivity index (χ2n) is 13.2. The number of benzene rings is 8. The molecule has 1 aromatic heterocycles. The van der Waals surface area contributed by atoms with E-state index in [1.54, 1.807) is 0 Å². The Hall–Kier alpha value is -6.38. The maximum absolute atomic E-state index is 2.46. The molecule has 0 aliphatic heterocycles. The van der Waals surface area contributed by atoms with Crippen molar-refractivity contribution in [3.05, 3.63) is 188 Å². The van der Waals surface area contributed by atoms with Crippen LogP contribution in [0.25, 0.3) is 65.4 Å². The van der Waals surface area contributed by atoms with Crippen LogP contribution >= 0.6 is 0 Å². The number of fused-ring (bicyclic) bond motifs is 9. The fraction of sp³-hybridized carbons (Fsp3) is 0.0417. The van der Waals surface area contributed by atoms with Gasteiger partial charge in [0.2, 0.25) is 0 Å². The minimum atomic E-state index is 1.09. The van der Waals surface area contributed by atoms with Crippen molar-refractivity contribution in [2.24, 2.45) is 0 Å². The van der Waals surface area contributed by atoms with Gasteiger partial charge in [0.25, 0.3) is 0 Å². The second kappa shape index (κ2) is 11.6. The van der Waals surface area contributed by atoms with Crippen molar-refractivity contribution in [3.8, 4) is 5.69 Å². The highest BCUT2D eigenvalue weighted by atomic mass is 15.1. The Labute approximate surface area is 291 Å². The van der Waals surface area contributed by atoms with Crippen LogP contribution < -0.4 is 4.90 Å². The molecule has 0 saturated carbocycles. The summed E-state index contributed by atoms with van der Waals surface area (Å²) < 4.78 is 2.46. The van der Waals surface area contributed by atoms with Gasteiger partial charge in [-0.3, -0.25) is 0 Å². The first-order valence-corrected chi connectivity index (χ1v) is 17.5. The number of aromatic nitrogens is 1. The van der Waals surface area contributed by atoms with Crippen molar-refractivity contribution in [1.29, 1.82) is 0 Å². The van der Waals surface area contributed by atoms with Gasteiger partial charge in [-0.05, 0) is 94.1 Å². The van der Waals surface area contributed by atoms with Crippen LogP contribution in [0, 0.1) is 0 Å². The van der Waals surface area contributed by atoms with Crippen LogP contribution in [0.2, 0.25) is 0 Å². The monoisotopic (exact) mass is 638 g/mol. The highest BCUT2D eigenvalue weighted by Gasteiger charge is 2.22. The van der Waals surface area contributed by atoms with Crippen LogP contribution in [0.3, 0.4) is 0 Å². The summed E-state index contributed by atoms with van der Waals surface area (Å²) in [5, 5.41) is 10.1. The van der Waals surface area contributed by atoms with E-state index in [9.17, 15) is 0 Å². The summed E-state index contributed by atoms with van der Waals surface area (Å²) in [5.41, 5.74) is 9.57. The SMILES string of the molecule is C1=CC(c2ccc(N(c3ccc4c(c3)c3c5ccccc5c5ccccc5c3n4-c3ccccc3)c3cccc4ccccc34)cc2)=CCC1. The Bertz CT molecular complexity index is 2790. The van der Waals surface area contributed by atoms with Crippen molar-refractivity contribution >= 4 is 76.8 Å². The molecule has 0 bridgehead atoms. The van der Waals surface area contributed by atoms with Gasteiger partial charge >= 0.3 is 0 Å². The Kier molecular flexibility index (Phi) is 6.67. The molecule has 1 heterocycles. The quantitative estimate of drug-likeness (QED) is 0.170. The Morgan fingerprint density at radius 2 is 1.14 bits per heavy atom. The molecular weight excluding hydrogens is 605 g/mol. The fourth-order valence-corrected chi connectivity index (χ4v) is 8.11. The molecule has 236 valence electrons. The summed E-state index contributed by atoms with van der Waals surface area (Å²) in [5.74, 6) is 0. The molecule has 0 radical (unpaired) electrons. The lowest BCUT2D eigenvalue weighted by molar-refractivity contribution is 1.04. The van der Waals surface area contributed by atoms with Crippen molar-refractivity contribution in [1.82, 2.24) is 4.57 Å². The van der Waals surface area contributed by atoms with E-state index >= 15 is 0 Å². The van der Waals surface area contributed by atoms with Gasteiger partial charge in [-0.2, -0.15) is 0 Å². The lowest BCUT2D eigenvalue weighted by atomic mass is 9.96. The third kappa shape index (κ3) is 4.49. The van der Waals surface area contributed by atoms with Crippen LogP contribution in [-0.2, 0) is 0 Å². The molecule has 8 aromatic carbocycles. The van der Waals surface area contributed by atoms with Gasteiger partial charge in [-0.1, -0.05) is 133 Å². The van der Waals surface area contributed by atoms with E-state index in [4.69, 9.17) is 0 Å². The van der Waals surface area contributed by atoms with E-state index in [0.29, 0.717) is 0 Å². The van der Waals surface area contributed by atoms with E-state index in [2.05, 4.69) is 191 Å². The van der Waals surface area contributed by atoms with Crippen LogP contribution in [0.1, 0.15) is 18.4 Å².